The van der Waals surface area contributed by atoms with Gasteiger partial charge in [0, 0.05) is 6.54 Å². The number of carbonyl (C=O) groups is 3. The highest BCUT2D eigenvalue weighted by Crippen LogP contribution is 2.17. The average molecular weight is 491 g/mol. The molecule has 0 aliphatic heterocycles. The molecule has 0 aliphatic carbocycles. The summed E-state index contributed by atoms with van der Waals surface area (Å²) in [4.78, 5) is 46.2. The third-order valence-electron chi connectivity index (χ3n) is 4.35. The zero-order valence-corrected chi connectivity index (χ0v) is 19.4. The molecule has 2 rings (SSSR count). The number of guanidine groups is 1. The molecule has 2 aromatic rings. The van der Waals surface area contributed by atoms with Crippen LogP contribution in [-0.4, -0.2) is 53.2 Å². The number of nitrogen functional groups attached to an aromatic ring is 2. The number of Topliss-reactive ketones (excluding diaryl/α,β-unsaturated/α-hetero) is 1. The lowest BCUT2D eigenvalue weighted by molar-refractivity contribution is -0.125. The van der Waals surface area contributed by atoms with Crippen molar-refractivity contribution in [2.75, 3.05) is 31.2 Å². The van der Waals surface area contributed by atoms with Gasteiger partial charge in [0.2, 0.25) is 0 Å². The SMILES string of the molecule is CC(=O)CNC(=O)COc1ccc(CCCCN=C(N)NC(=O)c2nc(Cl)c(N)nc2N)cc1. The standard InChI is InChI=1S/C21H27ClN8O4/c1-12(31)10-27-15(32)11-34-14-7-5-13(6-8-14)4-2-3-9-26-21(25)30-20(33)16-18(23)29-19(24)17(22)28-16/h5-8H,2-4,9-11H2,1H3,(H,27,32)(H4,23,24,29)(H3,25,26,30,33). The quantitative estimate of drug-likeness (QED) is 0.168. The molecule has 0 saturated carbocycles. The van der Waals surface area contributed by atoms with Crippen LogP contribution in [0, 0.1) is 0 Å². The molecule has 0 unspecified atom stereocenters. The Morgan fingerprint density at radius 2 is 1.79 bits per heavy atom. The van der Waals surface area contributed by atoms with E-state index in [1.807, 2.05) is 12.1 Å². The van der Waals surface area contributed by atoms with Crippen LogP contribution in [0.15, 0.2) is 29.3 Å². The number of hydrogen-bond donors (Lipinski definition) is 5. The summed E-state index contributed by atoms with van der Waals surface area (Å²) in [6.45, 7) is 1.63. The number of hydrogen-bond acceptors (Lipinski definition) is 9. The lowest BCUT2D eigenvalue weighted by atomic mass is 10.1. The number of ketones is 1. The maximum atomic E-state index is 12.2. The van der Waals surface area contributed by atoms with Crippen molar-refractivity contribution in [1.82, 2.24) is 20.6 Å². The average Bonchev–Trinajstić information content (AvgIpc) is 2.79. The van der Waals surface area contributed by atoms with Crippen LogP contribution in [-0.2, 0) is 16.0 Å². The Kier molecular flexibility index (Phi) is 10.0. The number of anilines is 2. The molecule has 0 atom stereocenters. The lowest BCUT2D eigenvalue weighted by Crippen LogP contribution is -2.38. The number of carbonyl (C=O) groups excluding carboxylic acids is 3. The Morgan fingerprint density at radius 3 is 2.47 bits per heavy atom. The van der Waals surface area contributed by atoms with E-state index < -0.39 is 5.91 Å². The van der Waals surface area contributed by atoms with Gasteiger partial charge in [0.15, 0.2) is 35.0 Å². The van der Waals surface area contributed by atoms with Crippen LogP contribution in [0.3, 0.4) is 0 Å². The lowest BCUT2D eigenvalue weighted by Gasteiger charge is -2.08. The van der Waals surface area contributed by atoms with Gasteiger partial charge in [-0.05, 0) is 43.9 Å². The summed E-state index contributed by atoms with van der Waals surface area (Å²) in [5, 5.41) is 4.70. The number of aryl methyl sites for hydroxylation is 1. The zero-order valence-electron chi connectivity index (χ0n) is 18.6. The van der Waals surface area contributed by atoms with Crippen molar-refractivity contribution in [2.45, 2.75) is 26.2 Å². The predicted octanol–water partition coefficient (Wildman–Crippen LogP) is 0.446. The molecular weight excluding hydrogens is 464 g/mol. The van der Waals surface area contributed by atoms with E-state index in [0.717, 1.165) is 24.8 Å². The fourth-order valence-corrected chi connectivity index (χ4v) is 2.77. The van der Waals surface area contributed by atoms with Gasteiger partial charge in [0.05, 0.1) is 6.54 Å². The molecule has 12 nitrogen and oxygen atoms in total. The molecule has 1 aromatic heterocycles. The Balaban J connectivity index is 1.70. The van der Waals surface area contributed by atoms with Crippen molar-refractivity contribution in [3.63, 3.8) is 0 Å². The highest BCUT2D eigenvalue weighted by Gasteiger charge is 2.16. The number of ether oxygens (including phenoxy) is 1. The van der Waals surface area contributed by atoms with Gasteiger partial charge in [-0.3, -0.25) is 24.7 Å². The summed E-state index contributed by atoms with van der Waals surface area (Å²) in [6, 6.07) is 7.36. The summed E-state index contributed by atoms with van der Waals surface area (Å²) in [7, 11) is 0. The first-order chi connectivity index (χ1) is 16.2. The Hall–Kier alpha value is -3.93. The minimum Gasteiger partial charge on any atom is -0.484 e. The minimum atomic E-state index is -0.688. The molecule has 2 amide bonds. The van der Waals surface area contributed by atoms with Crippen molar-refractivity contribution >= 4 is 46.8 Å². The number of halogens is 1. The molecule has 0 spiro atoms. The molecule has 0 saturated heterocycles. The molecular formula is C21H27ClN8O4. The molecule has 0 aliphatic rings. The maximum Gasteiger partial charge on any atom is 0.280 e. The van der Waals surface area contributed by atoms with Crippen LogP contribution < -0.4 is 32.6 Å². The summed E-state index contributed by atoms with van der Waals surface area (Å²) < 4.78 is 5.39. The molecule has 0 bridgehead atoms. The van der Waals surface area contributed by atoms with Gasteiger partial charge in [0.1, 0.15) is 11.5 Å². The minimum absolute atomic E-state index is 0.00995. The normalized spacial score (nSPS) is 11.1. The highest BCUT2D eigenvalue weighted by molar-refractivity contribution is 6.31. The number of unbranched alkanes of at least 4 members (excludes halogenated alkanes) is 1. The van der Waals surface area contributed by atoms with E-state index in [4.69, 9.17) is 33.5 Å². The maximum absolute atomic E-state index is 12.2. The van der Waals surface area contributed by atoms with E-state index in [-0.39, 0.29) is 53.3 Å². The summed E-state index contributed by atoms with van der Waals surface area (Å²) >= 11 is 5.76. The molecule has 182 valence electrons. The van der Waals surface area contributed by atoms with Gasteiger partial charge in [-0.1, -0.05) is 23.7 Å². The second kappa shape index (κ2) is 12.9. The van der Waals surface area contributed by atoms with E-state index in [9.17, 15) is 14.4 Å². The van der Waals surface area contributed by atoms with E-state index in [0.29, 0.717) is 12.3 Å². The molecule has 1 heterocycles. The van der Waals surface area contributed by atoms with E-state index in [1.54, 1.807) is 12.1 Å². The highest BCUT2D eigenvalue weighted by atomic mass is 35.5. The number of nitrogens with two attached hydrogens (primary N) is 3. The number of amides is 2. The zero-order chi connectivity index (χ0) is 25.1. The first kappa shape index (κ1) is 26.3. The topological polar surface area (TPSA) is 201 Å². The predicted molar refractivity (Wildman–Crippen MR) is 128 cm³/mol. The molecule has 1 aromatic carbocycles. The van der Waals surface area contributed by atoms with Crippen molar-refractivity contribution in [3.8, 4) is 5.75 Å². The van der Waals surface area contributed by atoms with Crippen molar-refractivity contribution in [3.05, 3.63) is 40.7 Å². The Labute approximate surface area is 201 Å². The number of nitrogens with one attached hydrogen (secondary N) is 2. The first-order valence-electron chi connectivity index (χ1n) is 10.3. The molecule has 0 fully saturated rings. The molecule has 34 heavy (non-hydrogen) atoms. The summed E-state index contributed by atoms with van der Waals surface area (Å²) in [6.07, 6.45) is 2.38. The first-order valence-corrected chi connectivity index (χ1v) is 10.7. The number of aliphatic imine (C=N–C) groups is 1. The molecule has 13 heteroatoms. The van der Waals surface area contributed by atoms with Crippen molar-refractivity contribution < 1.29 is 19.1 Å². The number of aromatic nitrogens is 2. The Morgan fingerprint density at radius 1 is 1.09 bits per heavy atom. The molecule has 0 radical (unpaired) electrons. The second-order valence-corrected chi connectivity index (χ2v) is 7.58. The van der Waals surface area contributed by atoms with E-state index >= 15 is 0 Å². The third-order valence-corrected chi connectivity index (χ3v) is 4.62. The van der Waals surface area contributed by atoms with Crippen LogP contribution >= 0.6 is 11.6 Å². The summed E-state index contributed by atoms with van der Waals surface area (Å²) in [5.74, 6) is -0.932. The fourth-order valence-electron chi connectivity index (χ4n) is 2.64. The van der Waals surface area contributed by atoms with Crippen LogP contribution in [0.4, 0.5) is 11.6 Å². The van der Waals surface area contributed by atoms with E-state index in [1.165, 1.54) is 6.92 Å². The smallest absolute Gasteiger partial charge is 0.280 e. The van der Waals surface area contributed by atoms with Gasteiger partial charge in [-0.25, -0.2) is 9.97 Å². The Bertz CT molecular complexity index is 1060. The molecule has 8 N–H and O–H groups in total. The fraction of sp³-hybridized carbons (Fsp3) is 0.333. The van der Waals surface area contributed by atoms with Gasteiger partial charge >= 0.3 is 0 Å². The number of benzene rings is 1. The van der Waals surface area contributed by atoms with Crippen molar-refractivity contribution in [2.24, 2.45) is 10.7 Å². The van der Waals surface area contributed by atoms with Gasteiger partial charge in [-0.2, -0.15) is 0 Å². The van der Waals surface area contributed by atoms with Crippen LogP contribution in [0.1, 0.15) is 35.8 Å². The van der Waals surface area contributed by atoms with Crippen LogP contribution in [0.2, 0.25) is 5.15 Å². The van der Waals surface area contributed by atoms with Gasteiger partial charge in [0.25, 0.3) is 11.8 Å². The van der Waals surface area contributed by atoms with E-state index in [2.05, 4.69) is 25.6 Å². The third kappa shape index (κ3) is 8.90. The summed E-state index contributed by atoms with van der Waals surface area (Å²) in [5.41, 5.74) is 17.7. The van der Waals surface area contributed by atoms with Crippen molar-refractivity contribution in [1.29, 1.82) is 0 Å². The van der Waals surface area contributed by atoms with Gasteiger partial charge in [-0.15, -0.1) is 0 Å². The van der Waals surface area contributed by atoms with Crippen LogP contribution in [0.25, 0.3) is 0 Å². The second-order valence-electron chi connectivity index (χ2n) is 7.22. The monoisotopic (exact) mass is 490 g/mol. The largest absolute Gasteiger partial charge is 0.484 e. The van der Waals surface area contributed by atoms with Gasteiger partial charge < -0.3 is 27.3 Å². The van der Waals surface area contributed by atoms with Crippen LogP contribution in [0.5, 0.6) is 5.75 Å². The number of rotatable bonds is 11. The number of nitrogens with zero attached hydrogens (tertiary/aromatic N) is 3.